The first kappa shape index (κ1) is 18.0. The highest BCUT2D eigenvalue weighted by Crippen LogP contribution is 2.29. The standard InChI is InChI=1S/C17H26N4O3/c1-4-20(5-2)14-7-6-13(10-18-14)11-19-16(24)21-9-8-17(3,12-21)15(22)23/h6-7,10H,4-5,8-9,11-12H2,1-3H3,(H,19,24)(H,22,23). The Balaban J connectivity index is 1.87. The Morgan fingerprint density at radius 3 is 2.58 bits per heavy atom. The Labute approximate surface area is 142 Å². The van der Waals surface area contributed by atoms with E-state index in [0.29, 0.717) is 19.5 Å². The molecule has 2 rings (SSSR count). The molecule has 1 atom stereocenters. The molecule has 1 aliphatic heterocycles. The van der Waals surface area contributed by atoms with Gasteiger partial charge in [0.2, 0.25) is 0 Å². The van der Waals surface area contributed by atoms with Crippen LogP contribution in [-0.2, 0) is 11.3 Å². The molecule has 1 saturated heterocycles. The van der Waals surface area contributed by atoms with Crippen LogP contribution < -0.4 is 10.2 Å². The Morgan fingerprint density at radius 2 is 2.08 bits per heavy atom. The summed E-state index contributed by atoms with van der Waals surface area (Å²) in [6, 6.07) is 3.67. The number of carbonyl (C=O) groups excluding carboxylic acids is 1. The molecule has 0 spiro atoms. The van der Waals surface area contributed by atoms with Crippen molar-refractivity contribution in [2.75, 3.05) is 31.1 Å². The summed E-state index contributed by atoms with van der Waals surface area (Å²) in [5, 5.41) is 12.1. The van der Waals surface area contributed by atoms with E-state index in [1.807, 2.05) is 12.1 Å². The quantitative estimate of drug-likeness (QED) is 0.830. The third kappa shape index (κ3) is 3.96. The maximum atomic E-state index is 12.2. The van der Waals surface area contributed by atoms with E-state index in [2.05, 4.69) is 29.0 Å². The van der Waals surface area contributed by atoms with E-state index in [1.54, 1.807) is 18.0 Å². The van der Waals surface area contributed by atoms with E-state index < -0.39 is 11.4 Å². The second-order valence-electron chi connectivity index (χ2n) is 6.39. The molecule has 1 fully saturated rings. The van der Waals surface area contributed by atoms with Gasteiger partial charge in [-0.25, -0.2) is 9.78 Å². The van der Waals surface area contributed by atoms with Gasteiger partial charge in [-0.2, -0.15) is 0 Å². The molecular weight excluding hydrogens is 308 g/mol. The van der Waals surface area contributed by atoms with Crippen molar-refractivity contribution in [2.45, 2.75) is 33.7 Å². The van der Waals surface area contributed by atoms with Gasteiger partial charge in [-0.15, -0.1) is 0 Å². The normalized spacial score (nSPS) is 20.0. The summed E-state index contributed by atoms with van der Waals surface area (Å²) in [5.41, 5.74) is 0.0732. The number of carboxylic acid groups (broad SMARTS) is 1. The first-order valence-corrected chi connectivity index (χ1v) is 8.35. The minimum absolute atomic E-state index is 0.229. The summed E-state index contributed by atoms with van der Waals surface area (Å²) in [6.07, 6.45) is 2.25. The molecule has 2 heterocycles. The SMILES string of the molecule is CCN(CC)c1ccc(CNC(=O)N2CCC(C)(C(=O)O)C2)cn1. The summed E-state index contributed by atoms with van der Waals surface area (Å²) in [7, 11) is 0. The molecule has 7 heteroatoms. The number of hydrogen-bond acceptors (Lipinski definition) is 4. The second kappa shape index (κ2) is 7.51. The number of likely N-dealkylation sites (tertiary alicyclic amines) is 1. The topological polar surface area (TPSA) is 85.8 Å². The van der Waals surface area contributed by atoms with Crippen molar-refractivity contribution in [3.05, 3.63) is 23.9 Å². The maximum Gasteiger partial charge on any atom is 0.317 e. The molecule has 1 unspecified atom stereocenters. The van der Waals surface area contributed by atoms with Crippen LogP contribution in [0.25, 0.3) is 0 Å². The van der Waals surface area contributed by atoms with Crippen LogP contribution in [0.15, 0.2) is 18.3 Å². The largest absolute Gasteiger partial charge is 0.481 e. The van der Waals surface area contributed by atoms with Crippen LogP contribution in [0.1, 0.15) is 32.8 Å². The molecule has 132 valence electrons. The van der Waals surface area contributed by atoms with Crippen molar-refractivity contribution >= 4 is 17.8 Å². The summed E-state index contributed by atoms with van der Waals surface area (Å²) >= 11 is 0. The molecule has 2 N–H and O–H groups in total. The molecule has 0 aliphatic carbocycles. The number of aromatic nitrogens is 1. The predicted molar refractivity (Wildman–Crippen MR) is 92.0 cm³/mol. The molecule has 0 bridgehead atoms. The number of pyridine rings is 1. The van der Waals surface area contributed by atoms with Crippen LogP contribution in [0.2, 0.25) is 0 Å². The van der Waals surface area contributed by atoms with Gasteiger partial charge in [0.1, 0.15) is 5.82 Å². The number of hydrogen-bond donors (Lipinski definition) is 2. The molecule has 0 aromatic carbocycles. The van der Waals surface area contributed by atoms with Gasteiger partial charge in [0.15, 0.2) is 0 Å². The molecule has 1 aliphatic rings. The van der Waals surface area contributed by atoms with Crippen LogP contribution in [0, 0.1) is 5.41 Å². The third-order valence-electron chi connectivity index (χ3n) is 4.62. The fourth-order valence-corrected chi connectivity index (χ4v) is 2.85. The van der Waals surface area contributed by atoms with Gasteiger partial charge in [-0.1, -0.05) is 6.07 Å². The number of rotatable bonds is 6. The van der Waals surface area contributed by atoms with Crippen molar-refractivity contribution in [3.8, 4) is 0 Å². The van der Waals surface area contributed by atoms with E-state index in [1.165, 1.54) is 0 Å². The predicted octanol–water partition coefficient (Wildman–Crippen LogP) is 1.93. The molecular formula is C17H26N4O3. The molecule has 2 amide bonds. The number of carbonyl (C=O) groups is 2. The van der Waals surface area contributed by atoms with Crippen molar-refractivity contribution in [1.29, 1.82) is 0 Å². The van der Waals surface area contributed by atoms with E-state index in [0.717, 1.165) is 24.5 Å². The number of carboxylic acids is 1. The number of nitrogens with one attached hydrogen (secondary N) is 1. The lowest BCUT2D eigenvalue weighted by Crippen LogP contribution is -2.40. The molecule has 1 aromatic rings. The van der Waals surface area contributed by atoms with E-state index in [9.17, 15) is 14.7 Å². The maximum absolute atomic E-state index is 12.2. The summed E-state index contributed by atoms with van der Waals surface area (Å²) in [4.78, 5) is 31.6. The fraction of sp³-hybridized carbons (Fsp3) is 0.588. The Bertz CT molecular complexity index is 586. The fourth-order valence-electron chi connectivity index (χ4n) is 2.85. The number of urea groups is 1. The minimum Gasteiger partial charge on any atom is -0.481 e. The Hall–Kier alpha value is -2.31. The minimum atomic E-state index is -0.853. The lowest BCUT2D eigenvalue weighted by molar-refractivity contribution is -0.147. The van der Waals surface area contributed by atoms with Crippen molar-refractivity contribution in [2.24, 2.45) is 5.41 Å². The summed E-state index contributed by atoms with van der Waals surface area (Å²) < 4.78 is 0. The zero-order chi connectivity index (χ0) is 17.7. The van der Waals surface area contributed by atoms with Gasteiger partial charge in [-0.3, -0.25) is 4.79 Å². The summed E-state index contributed by atoms with van der Waals surface area (Å²) in [6.45, 7) is 8.73. The smallest absolute Gasteiger partial charge is 0.317 e. The molecule has 0 saturated carbocycles. The van der Waals surface area contributed by atoms with Crippen LogP contribution in [-0.4, -0.2) is 53.2 Å². The zero-order valence-electron chi connectivity index (χ0n) is 14.6. The van der Waals surface area contributed by atoms with E-state index in [-0.39, 0.29) is 12.6 Å². The first-order valence-electron chi connectivity index (χ1n) is 8.35. The molecule has 0 radical (unpaired) electrons. The highest BCUT2D eigenvalue weighted by atomic mass is 16.4. The Kier molecular flexibility index (Phi) is 5.64. The zero-order valence-corrected chi connectivity index (χ0v) is 14.6. The van der Waals surface area contributed by atoms with E-state index >= 15 is 0 Å². The molecule has 24 heavy (non-hydrogen) atoms. The van der Waals surface area contributed by atoms with Gasteiger partial charge < -0.3 is 20.2 Å². The third-order valence-corrected chi connectivity index (χ3v) is 4.62. The average molecular weight is 334 g/mol. The van der Waals surface area contributed by atoms with Gasteiger partial charge >= 0.3 is 12.0 Å². The summed E-state index contributed by atoms with van der Waals surface area (Å²) in [5.74, 6) is 0.0702. The van der Waals surface area contributed by atoms with Gasteiger partial charge in [0.25, 0.3) is 0 Å². The second-order valence-corrected chi connectivity index (χ2v) is 6.39. The van der Waals surface area contributed by atoms with Gasteiger partial charge in [0.05, 0.1) is 5.41 Å². The van der Waals surface area contributed by atoms with Crippen molar-refractivity contribution < 1.29 is 14.7 Å². The van der Waals surface area contributed by atoms with Crippen LogP contribution >= 0.6 is 0 Å². The molecule has 7 nitrogen and oxygen atoms in total. The van der Waals surface area contributed by atoms with Crippen LogP contribution in [0.3, 0.4) is 0 Å². The number of amides is 2. The van der Waals surface area contributed by atoms with E-state index in [4.69, 9.17) is 0 Å². The van der Waals surface area contributed by atoms with Crippen molar-refractivity contribution in [1.82, 2.24) is 15.2 Å². The highest BCUT2D eigenvalue weighted by Gasteiger charge is 2.42. The number of aliphatic carboxylic acids is 1. The number of anilines is 1. The lowest BCUT2D eigenvalue weighted by Gasteiger charge is -2.21. The first-order chi connectivity index (χ1) is 11.4. The molecule has 1 aromatic heterocycles. The number of nitrogens with zero attached hydrogens (tertiary/aromatic N) is 3. The Morgan fingerprint density at radius 1 is 1.38 bits per heavy atom. The van der Waals surface area contributed by atoms with Crippen LogP contribution in [0.5, 0.6) is 0 Å². The lowest BCUT2D eigenvalue weighted by atomic mass is 9.90. The average Bonchev–Trinajstić information content (AvgIpc) is 2.99. The van der Waals surface area contributed by atoms with Gasteiger partial charge in [-0.05, 0) is 38.8 Å². The van der Waals surface area contributed by atoms with Crippen LogP contribution in [0.4, 0.5) is 10.6 Å². The van der Waals surface area contributed by atoms with Gasteiger partial charge in [0, 0.05) is 38.9 Å². The highest BCUT2D eigenvalue weighted by molar-refractivity contribution is 5.79. The van der Waals surface area contributed by atoms with Crippen molar-refractivity contribution in [3.63, 3.8) is 0 Å². The monoisotopic (exact) mass is 334 g/mol.